The third-order valence-corrected chi connectivity index (χ3v) is 4.78. The molecular weight excluding hydrogens is 319 g/mol. The fourth-order valence-electron chi connectivity index (χ4n) is 3.62. The molecule has 25 heavy (non-hydrogen) atoms. The molecule has 1 aliphatic rings. The van der Waals surface area contributed by atoms with Gasteiger partial charge in [-0.3, -0.25) is 4.79 Å². The largest absolute Gasteiger partial charge is 0.331 e. The second-order valence-corrected chi connectivity index (χ2v) is 6.54. The number of aromatic nitrogens is 3. The van der Waals surface area contributed by atoms with Gasteiger partial charge in [-0.15, -0.1) is 0 Å². The molecule has 0 aliphatic carbocycles. The SMILES string of the molecule is Cc1cc(C)n2ncc(C(=O)N3CCC[C@@H]3c3ccc(F)cc3)c2n1. The third kappa shape index (κ3) is 2.67. The van der Waals surface area contributed by atoms with Crippen LogP contribution >= 0.6 is 0 Å². The number of rotatable bonds is 2. The van der Waals surface area contributed by atoms with Crippen molar-refractivity contribution in [2.24, 2.45) is 0 Å². The number of fused-ring (bicyclic) bond motifs is 1. The van der Waals surface area contributed by atoms with Crippen molar-refractivity contribution in [2.75, 3.05) is 6.54 Å². The van der Waals surface area contributed by atoms with Gasteiger partial charge in [0.1, 0.15) is 11.4 Å². The van der Waals surface area contributed by atoms with Gasteiger partial charge in [0, 0.05) is 17.9 Å². The smallest absolute Gasteiger partial charge is 0.259 e. The van der Waals surface area contributed by atoms with Gasteiger partial charge in [0.2, 0.25) is 0 Å². The third-order valence-electron chi connectivity index (χ3n) is 4.78. The van der Waals surface area contributed by atoms with E-state index in [9.17, 15) is 9.18 Å². The number of aryl methyl sites for hydroxylation is 2. The zero-order valence-corrected chi connectivity index (χ0v) is 14.2. The van der Waals surface area contributed by atoms with Crippen LogP contribution in [-0.4, -0.2) is 31.9 Å². The van der Waals surface area contributed by atoms with Gasteiger partial charge in [-0.2, -0.15) is 5.10 Å². The Morgan fingerprint density at radius 2 is 2.00 bits per heavy atom. The number of carbonyl (C=O) groups is 1. The minimum Gasteiger partial charge on any atom is -0.331 e. The number of hydrogen-bond acceptors (Lipinski definition) is 3. The first kappa shape index (κ1) is 15.7. The highest BCUT2D eigenvalue weighted by atomic mass is 19.1. The zero-order chi connectivity index (χ0) is 17.6. The first-order valence-corrected chi connectivity index (χ1v) is 8.43. The van der Waals surface area contributed by atoms with Crippen molar-refractivity contribution in [3.63, 3.8) is 0 Å². The highest BCUT2D eigenvalue weighted by Gasteiger charge is 2.32. The lowest BCUT2D eigenvalue weighted by Gasteiger charge is -2.24. The number of benzene rings is 1. The summed E-state index contributed by atoms with van der Waals surface area (Å²) >= 11 is 0. The van der Waals surface area contributed by atoms with Crippen LogP contribution in [-0.2, 0) is 0 Å². The predicted octanol–water partition coefficient (Wildman–Crippen LogP) is 3.46. The van der Waals surface area contributed by atoms with Crippen molar-refractivity contribution in [2.45, 2.75) is 32.7 Å². The summed E-state index contributed by atoms with van der Waals surface area (Å²) in [4.78, 5) is 19.5. The summed E-state index contributed by atoms with van der Waals surface area (Å²) < 4.78 is 14.9. The second kappa shape index (κ2) is 5.95. The average molecular weight is 338 g/mol. The van der Waals surface area contributed by atoms with Gasteiger partial charge >= 0.3 is 0 Å². The molecule has 0 bridgehead atoms. The topological polar surface area (TPSA) is 50.5 Å². The van der Waals surface area contributed by atoms with Gasteiger partial charge in [0.05, 0.1) is 12.2 Å². The van der Waals surface area contributed by atoms with Gasteiger partial charge in [-0.1, -0.05) is 12.1 Å². The van der Waals surface area contributed by atoms with Crippen LogP contribution in [0.25, 0.3) is 5.65 Å². The molecule has 6 heteroatoms. The molecule has 0 radical (unpaired) electrons. The van der Waals surface area contributed by atoms with Crippen molar-refractivity contribution in [3.05, 3.63) is 64.9 Å². The molecule has 1 atom stereocenters. The fraction of sp³-hybridized carbons (Fsp3) is 0.316. The Kier molecular flexibility index (Phi) is 3.75. The minimum atomic E-state index is -0.266. The summed E-state index contributed by atoms with van der Waals surface area (Å²) in [7, 11) is 0. The van der Waals surface area contributed by atoms with Crippen molar-refractivity contribution in [1.29, 1.82) is 0 Å². The van der Waals surface area contributed by atoms with E-state index in [0.717, 1.165) is 29.8 Å². The van der Waals surface area contributed by atoms with Gasteiger partial charge < -0.3 is 4.90 Å². The van der Waals surface area contributed by atoms with Gasteiger partial charge in [0.15, 0.2) is 5.65 Å². The van der Waals surface area contributed by atoms with E-state index >= 15 is 0 Å². The van der Waals surface area contributed by atoms with Crippen LogP contribution in [0, 0.1) is 19.7 Å². The molecule has 128 valence electrons. The van der Waals surface area contributed by atoms with E-state index < -0.39 is 0 Å². The Morgan fingerprint density at radius 3 is 2.76 bits per heavy atom. The van der Waals surface area contributed by atoms with Crippen LogP contribution in [0.1, 0.15) is 46.2 Å². The Hall–Kier alpha value is -2.76. The molecule has 1 aromatic carbocycles. The number of likely N-dealkylation sites (tertiary alicyclic amines) is 1. The quantitative estimate of drug-likeness (QED) is 0.719. The molecule has 1 amide bonds. The molecule has 1 aliphatic heterocycles. The maximum Gasteiger partial charge on any atom is 0.259 e. The van der Waals surface area contributed by atoms with Crippen LogP contribution in [0.4, 0.5) is 4.39 Å². The monoisotopic (exact) mass is 338 g/mol. The molecule has 0 unspecified atom stereocenters. The van der Waals surface area contributed by atoms with Gasteiger partial charge in [-0.05, 0) is 50.5 Å². The summed E-state index contributed by atoms with van der Waals surface area (Å²) in [6.45, 7) is 4.54. The Balaban J connectivity index is 1.71. The lowest BCUT2D eigenvalue weighted by atomic mass is 10.0. The van der Waals surface area contributed by atoms with Crippen LogP contribution in [0.15, 0.2) is 36.5 Å². The number of halogens is 1. The highest BCUT2D eigenvalue weighted by molar-refractivity contribution is 6.00. The molecule has 4 rings (SSSR count). The summed E-state index contributed by atoms with van der Waals surface area (Å²) in [6, 6.07) is 8.31. The van der Waals surface area contributed by atoms with Crippen LogP contribution in [0.5, 0.6) is 0 Å². The van der Waals surface area contributed by atoms with Crippen molar-refractivity contribution in [1.82, 2.24) is 19.5 Å². The molecule has 2 aromatic heterocycles. The van der Waals surface area contributed by atoms with Crippen molar-refractivity contribution < 1.29 is 9.18 Å². The van der Waals surface area contributed by atoms with Crippen LogP contribution in [0.2, 0.25) is 0 Å². The Morgan fingerprint density at radius 1 is 1.24 bits per heavy atom. The average Bonchev–Trinajstić information content (AvgIpc) is 3.22. The predicted molar refractivity (Wildman–Crippen MR) is 91.9 cm³/mol. The molecule has 3 heterocycles. The lowest BCUT2D eigenvalue weighted by Crippen LogP contribution is -2.30. The summed E-state index contributed by atoms with van der Waals surface area (Å²) in [6.07, 6.45) is 3.40. The standard InChI is InChI=1S/C19H19FN4O/c1-12-10-13(2)24-18(22-12)16(11-21-24)19(25)23-9-3-4-17(23)14-5-7-15(20)8-6-14/h5-8,10-11,17H,3-4,9H2,1-2H3/t17-/m1/s1. The second-order valence-electron chi connectivity index (χ2n) is 6.54. The fourth-order valence-corrected chi connectivity index (χ4v) is 3.62. The first-order chi connectivity index (χ1) is 12.0. The number of carbonyl (C=O) groups excluding carboxylic acids is 1. The van der Waals surface area contributed by atoms with E-state index in [0.29, 0.717) is 17.8 Å². The van der Waals surface area contributed by atoms with Gasteiger partial charge in [-0.25, -0.2) is 13.9 Å². The molecule has 0 N–H and O–H groups in total. The van der Waals surface area contributed by atoms with E-state index in [-0.39, 0.29) is 17.8 Å². The molecule has 0 saturated carbocycles. The Bertz CT molecular complexity index is 948. The number of hydrogen-bond donors (Lipinski definition) is 0. The van der Waals surface area contributed by atoms with E-state index in [1.54, 1.807) is 22.8 Å². The molecule has 0 spiro atoms. The highest BCUT2D eigenvalue weighted by Crippen LogP contribution is 2.33. The molecule has 1 saturated heterocycles. The summed E-state index contributed by atoms with van der Waals surface area (Å²) in [5.74, 6) is -0.336. The van der Waals surface area contributed by atoms with E-state index in [4.69, 9.17) is 0 Å². The van der Waals surface area contributed by atoms with Gasteiger partial charge in [0.25, 0.3) is 5.91 Å². The zero-order valence-electron chi connectivity index (χ0n) is 14.2. The first-order valence-electron chi connectivity index (χ1n) is 8.43. The Labute approximate surface area is 145 Å². The number of amides is 1. The van der Waals surface area contributed by atoms with E-state index in [1.807, 2.05) is 24.8 Å². The summed E-state index contributed by atoms with van der Waals surface area (Å²) in [5, 5.41) is 4.32. The number of nitrogens with zero attached hydrogens (tertiary/aromatic N) is 4. The lowest BCUT2D eigenvalue weighted by molar-refractivity contribution is 0.0737. The molecular formula is C19H19FN4O. The summed E-state index contributed by atoms with van der Waals surface area (Å²) in [5.41, 5.74) is 3.87. The maximum absolute atomic E-state index is 13.2. The maximum atomic E-state index is 13.2. The molecule has 3 aromatic rings. The van der Waals surface area contributed by atoms with E-state index in [2.05, 4.69) is 10.1 Å². The molecule has 1 fully saturated rings. The van der Waals surface area contributed by atoms with Crippen LogP contribution in [0.3, 0.4) is 0 Å². The van der Waals surface area contributed by atoms with Crippen molar-refractivity contribution >= 4 is 11.6 Å². The van der Waals surface area contributed by atoms with E-state index in [1.165, 1.54) is 12.1 Å². The van der Waals surface area contributed by atoms with Crippen molar-refractivity contribution in [3.8, 4) is 0 Å². The minimum absolute atomic E-state index is 0.0334. The normalized spacial score (nSPS) is 17.4. The van der Waals surface area contributed by atoms with Crippen LogP contribution < -0.4 is 0 Å². The molecule has 5 nitrogen and oxygen atoms in total.